The number of phenolic OH excluding ortho intramolecular Hbond substituents is 1. The van der Waals surface area contributed by atoms with E-state index in [4.69, 9.17) is 28.3 Å². The number of phenols is 1. The highest BCUT2D eigenvalue weighted by Crippen LogP contribution is 2.20. The Morgan fingerprint density at radius 3 is 2.45 bits per heavy atom. The van der Waals surface area contributed by atoms with Crippen molar-refractivity contribution in [2.24, 2.45) is 0 Å². The fourth-order valence-corrected chi connectivity index (χ4v) is 1.03. The van der Waals surface area contributed by atoms with Crippen molar-refractivity contribution in [2.45, 2.75) is 0 Å². The molecule has 2 nitrogen and oxygen atoms in total. The van der Waals surface area contributed by atoms with Crippen LogP contribution in [0.3, 0.4) is 0 Å². The SMILES string of the molecule is O=C(Cl)c1cc(O)cc(Cl)c1. The minimum atomic E-state index is -0.636. The average molecular weight is 191 g/mol. The first-order valence-electron chi connectivity index (χ1n) is 2.79. The normalized spacial score (nSPS) is 9.64. The summed E-state index contributed by atoms with van der Waals surface area (Å²) in [7, 11) is 0. The zero-order chi connectivity index (χ0) is 8.43. The number of hydrogen-bond acceptors (Lipinski definition) is 2. The molecule has 0 aromatic heterocycles. The van der Waals surface area contributed by atoms with E-state index in [-0.39, 0.29) is 16.3 Å². The quantitative estimate of drug-likeness (QED) is 0.692. The molecule has 0 fully saturated rings. The predicted octanol–water partition coefficient (Wildman–Crippen LogP) is 2.42. The molecule has 0 bridgehead atoms. The highest BCUT2D eigenvalue weighted by molar-refractivity contribution is 6.67. The summed E-state index contributed by atoms with van der Waals surface area (Å²) in [6, 6.07) is 3.96. The molecule has 0 amide bonds. The standard InChI is InChI=1S/C7H4Cl2O2/c8-5-1-4(7(9)11)2-6(10)3-5/h1-3,10H. The van der Waals surface area contributed by atoms with Crippen molar-refractivity contribution in [3.8, 4) is 5.75 Å². The Labute approximate surface area is 73.4 Å². The number of halogens is 2. The lowest BCUT2D eigenvalue weighted by Gasteiger charge is -1.96. The zero-order valence-electron chi connectivity index (χ0n) is 5.34. The van der Waals surface area contributed by atoms with Crippen LogP contribution in [-0.2, 0) is 0 Å². The number of aromatic hydroxyl groups is 1. The van der Waals surface area contributed by atoms with Gasteiger partial charge in [-0.25, -0.2) is 0 Å². The fraction of sp³-hybridized carbons (Fsp3) is 0. The van der Waals surface area contributed by atoms with Crippen LogP contribution >= 0.6 is 23.2 Å². The molecule has 1 aromatic carbocycles. The van der Waals surface area contributed by atoms with E-state index in [0.29, 0.717) is 0 Å². The van der Waals surface area contributed by atoms with E-state index in [1.807, 2.05) is 0 Å². The number of benzene rings is 1. The van der Waals surface area contributed by atoms with Crippen LogP contribution in [0.2, 0.25) is 5.02 Å². The minimum absolute atomic E-state index is 0.0681. The summed E-state index contributed by atoms with van der Waals surface area (Å²) in [5.41, 5.74) is 0.191. The highest BCUT2D eigenvalue weighted by atomic mass is 35.5. The molecule has 11 heavy (non-hydrogen) atoms. The Morgan fingerprint density at radius 2 is 2.00 bits per heavy atom. The van der Waals surface area contributed by atoms with Gasteiger partial charge in [0.2, 0.25) is 0 Å². The van der Waals surface area contributed by atoms with Gasteiger partial charge in [0.25, 0.3) is 5.24 Å². The second-order valence-corrected chi connectivity index (χ2v) is 2.75. The summed E-state index contributed by atoms with van der Waals surface area (Å²) in [6.07, 6.45) is 0. The lowest BCUT2D eigenvalue weighted by Crippen LogP contribution is -1.87. The van der Waals surface area contributed by atoms with Crippen molar-refractivity contribution >= 4 is 28.4 Å². The molecule has 0 unspecified atom stereocenters. The first kappa shape index (κ1) is 8.37. The molecule has 0 aliphatic carbocycles. The van der Waals surface area contributed by atoms with Gasteiger partial charge in [0, 0.05) is 10.6 Å². The molecular formula is C7H4Cl2O2. The van der Waals surface area contributed by atoms with E-state index in [1.165, 1.54) is 18.2 Å². The highest BCUT2D eigenvalue weighted by Gasteiger charge is 2.03. The lowest BCUT2D eigenvalue weighted by molar-refractivity contribution is 0.108. The monoisotopic (exact) mass is 190 g/mol. The molecule has 0 aliphatic heterocycles. The van der Waals surface area contributed by atoms with Gasteiger partial charge >= 0.3 is 0 Å². The topological polar surface area (TPSA) is 37.3 Å². The smallest absolute Gasteiger partial charge is 0.252 e. The van der Waals surface area contributed by atoms with Gasteiger partial charge in [-0.2, -0.15) is 0 Å². The lowest BCUT2D eigenvalue weighted by atomic mass is 10.2. The number of hydrogen-bond donors (Lipinski definition) is 1. The zero-order valence-corrected chi connectivity index (χ0v) is 6.86. The maximum Gasteiger partial charge on any atom is 0.252 e. The molecule has 0 saturated carbocycles. The van der Waals surface area contributed by atoms with Gasteiger partial charge in [-0.3, -0.25) is 4.79 Å². The van der Waals surface area contributed by atoms with Crippen molar-refractivity contribution in [3.05, 3.63) is 28.8 Å². The largest absolute Gasteiger partial charge is 0.508 e. The molecule has 0 aliphatic rings. The summed E-state index contributed by atoms with van der Waals surface area (Å²) in [6.45, 7) is 0. The molecule has 0 spiro atoms. The summed E-state index contributed by atoms with van der Waals surface area (Å²) in [5.74, 6) is -0.0681. The molecule has 1 rings (SSSR count). The van der Waals surface area contributed by atoms with E-state index >= 15 is 0 Å². The summed E-state index contributed by atoms with van der Waals surface area (Å²) >= 11 is 10.7. The molecule has 4 heteroatoms. The Morgan fingerprint density at radius 1 is 1.36 bits per heavy atom. The van der Waals surface area contributed by atoms with Crippen LogP contribution in [0, 0.1) is 0 Å². The Balaban J connectivity index is 3.19. The van der Waals surface area contributed by atoms with Gasteiger partial charge in [0.05, 0.1) is 0 Å². The summed E-state index contributed by atoms with van der Waals surface area (Å²) in [5, 5.41) is 8.60. The van der Waals surface area contributed by atoms with Gasteiger partial charge in [-0.05, 0) is 29.8 Å². The number of rotatable bonds is 1. The third kappa shape index (κ3) is 2.10. The maximum atomic E-state index is 10.5. The molecule has 0 heterocycles. The van der Waals surface area contributed by atoms with Crippen LogP contribution in [0.15, 0.2) is 18.2 Å². The summed E-state index contributed by atoms with van der Waals surface area (Å²) in [4.78, 5) is 10.5. The minimum Gasteiger partial charge on any atom is -0.508 e. The number of carbonyl (C=O) groups excluding carboxylic acids is 1. The van der Waals surface area contributed by atoms with Crippen molar-refractivity contribution < 1.29 is 9.90 Å². The van der Waals surface area contributed by atoms with Crippen LogP contribution in [-0.4, -0.2) is 10.3 Å². The third-order valence-electron chi connectivity index (χ3n) is 1.11. The van der Waals surface area contributed by atoms with Crippen molar-refractivity contribution in [1.82, 2.24) is 0 Å². The van der Waals surface area contributed by atoms with E-state index in [9.17, 15) is 4.79 Å². The maximum absolute atomic E-state index is 10.5. The van der Waals surface area contributed by atoms with Crippen LogP contribution < -0.4 is 0 Å². The molecule has 1 N–H and O–H groups in total. The average Bonchev–Trinajstić information content (AvgIpc) is 1.85. The third-order valence-corrected chi connectivity index (χ3v) is 1.55. The molecule has 1 aromatic rings. The molecule has 58 valence electrons. The molecular weight excluding hydrogens is 187 g/mol. The van der Waals surface area contributed by atoms with E-state index in [0.717, 1.165) is 0 Å². The Bertz CT molecular complexity index is 276. The van der Waals surface area contributed by atoms with Crippen LogP contribution in [0.25, 0.3) is 0 Å². The molecule has 0 radical (unpaired) electrons. The fourth-order valence-electron chi connectivity index (χ4n) is 0.688. The number of carbonyl (C=O) groups is 1. The Hall–Kier alpha value is -0.730. The molecule has 0 saturated heterocycles. The van der Waals surface area contributed by atoms with Gasteiger partial charge in [0.15, 0.2) is 0 Å². The second kappa shape index (κ2) is 3.11. The van der Waals surface area contributed by atoms with Gasteiger partial charge in [-0.15, -0.1) is 0 Å². The van der Waals surface area contributed by atoms with E-state index < -0.39 is 5.24 Å². The van der Waals surface area contributed by atoms with Gasteiger partial charge < -0.3 is 5.11 Å². The van der Waals surface area contributed by atoms with Crippen LogP contribution in [0.5, 0.6) is 5.75 Å². The van der Waals surface area contributed by atoms with Crippen molar-refractivity contribution in [1.29, 1.82) is 0 Å². The van der Waals surface area contributed by atoms with E-state index in [2.05, 4.69) is 0 Å². The first-order valence-corrected chi connectivity index (χ1v) is 3.54. The molecule has 0 atom stereocenters. The van der Waals surface area contributed by atoms with Crippen molar-refractivity contribution in [3.63, 3.8) is 0 Å². The summed E-state index contributed by atoms with van der Waals surface area (Å²) < 4.78 is 0. The second-order valence-electron chi connectivity index (χ2n) is 1.97. The first-order chi connectivity index (χ1) is 5.09. The van der Waals surface area contributed by atoms with Gasteiger partial charge in [0.1, 0.15) is 5.75 Å². The Kier molecular flexibility index (Phi) is 2.37. The predicted molar refractivity (Wildman–Crippen MR) is 43.3 cm³/mol. The van der Waals surface area contributed by atoms with Crippen LogP contribution in [0.1, 0.15) is 10.4 Å². The van der Waals surface area contributed by atoms with E-state index in [1.54, 1.807) is 0 Å². The van der Waals surface area contributed by atoms with Crippen LogP contribution in [0.4, 0.5) is 0 Å². The van der Waals surface area contributed by atoms with Crippen molar-refractivity contribution in [2.75, 3.05) is 0 Å². The van der Waals surface area contributed by atoms with Gasteiger partial charge in [-0.1, -0.05) is 11.6 Å².